The van der Waals surface area contributed by atoms with Gasteiger partial charge in [-0.15, -0.1) is 0 Å². The molecule has 7 N–H and O–H groups in total. The highest BCUT2D eigenvalue weighted by Crippen LogP contribution is 2.35. The van der Waals surface area contributed by atoms with Crippen LogP contribution in [0.2, 0.25) is 0 Å². The summed E-state index contributed by atoms with van der Waals surface area (Å²) in [6, 6.07) is 25.3. The number of aromatic nitrogens is 2. The van der Waals surface area contributed by atoms with Crippen molar-refractivity contribution in [3.8, 4) is 11.8 Å². The number of ketones is 2. The van der Waals surface area contributed by atoms with Gasteiger partial charge in [-0.1, -0.05) is 24.3 Å². The fourth-order valence-corrected chi connectivity index (χ4v) is 9.76. The Morgan fingerprint density at radius 2 is 0.893 bits per heavy atom. The molecule has 2 fully saturated rings. The molecule has 18 heteroatoms. The number of methoxy groups -OCH3 is 1. The maximum Gasteiger partial charge on any atom is 0.325 e. The minimum atomic E-state index is -1.12. The monoisotopic (exact) mass is 1020 g/mol. The van der Waals surface area contributed by atoms with Gasteiger partial charge in [0.1, 0.15) is 13.1 Å². The molecule has 0 aliphatic heterocycles. The molecule has 0 radical (unpaired) electrons. The average Bonchev–Trinajstić information content (AvgIpc) is 3.91. The number of H-pyrrole nitrogens is 2. The van der Waals surface area contributed by atoms with Gasteiger partial charge in [-0.05, 0) is 154 Å². The van der Waals surface area contributed by atoms with Crippen LogP contribution < -0.4 is 10.6 Å². The highest BCUT2D eigenvalue weighted by Gasteiger charge is 2.28. The van der Waals surface area contributed by atoms with E-state index in [2.05, 4.69) is 63.3 Å². The number of fused-ring (bicyclic) bond motifs is 2. The largest absolute Gasteiger partial charge is 0.494 e. The second kappa shape index (κ2) is 24.4. The maximum atomic E-state index is 12.5. The zero-order valence-corrected chi connectivity index (χ0v) is 43.5. The molecule has 6 aromatic rings. The molecule has 2 amide bonds. The minimum Gasteiger partial charge on any atom is -0.494 e. The molecule has 18 nitrogen and oxygen atoms in total. The number of hydrogen-bond donors (Lipinski definition) is 7. The van der Waals surface area contributed by atoms with E-state index in [1.54, 1.807) is 84.9 Å². The lowest BCUT2D eigenvalue weighted by molar-refractivity contribution is -0.139. The fourth-order valence-electron chi connectivity index (χ4n) is 9.76. The summed E-state index contributed by atoms with van der Waals surface area (Å²) < 4.78 is 4.57. The standard InChI is InChI=1S/C29H34N4O5.C28H32N4O5/c1-17(34)20-9-14-24-23(15-20)26(29(37)32-24)27(31-21-10-12-22(13-11-21)33(2)3)18-5-7-19(8-6-18)28(36)30-16-25(35)38-4;1-16(33)19-8-13-23-22(14-19)25(28(37)31-23)26(30-20-9-11-21(12-10-20)32(2)3)17-4-6-18(7-5-17)27(36)29-15-24(34)35/h5-9,14-15,21-22,32,37H,10-13,16H2,1-4H3,(H,30,36);4-8,13-14,20-21,31,37H,9-12,15H2,1-3H3,(H,29,36)(H,34,35). The SMILES string of the molecule is CC(=O)c1ccc2[nH]c(O)c(C(=NC3CCC(N(C)C)CC3)c3ccc(C(=O)NCC(=O)O)cc3)c2c1.COC(=O)CNC(=O)c1ccc(C(=NC2CCC(N(C)C)CC2)c2c(O)[nH]c3ccc(C(C)=O)cc23)cc1. The number of hydrogen-bond acceptors (Lipinski definition) is 13. The third kappa shape index (κ3) is 13.4. The number of nitrogens with zero attached hydrogens (tertiary/aromatic N) is 4. The molecule has 4 aromatic carbocycles. The summed E-state index contributed by atoms with van der Waals surface area (Å²) in [5, 5.41) is 37.0. The van der Waals surface area contributed by atoms with Gasteiger partial charge in [0.15, 0.2) is 23.3 Å². The van der Waals surface area contributed by atoms with Crippen molar-refractivity contribution < 1.29 is 48.8 Å². The Kier molecular flexibility index (Phi) is 17.8. The number of aliphatic carboxylic acids is 1. The molecule has 2 saturated carbocycles. The molecular formula is C57H66N8O10. The van der Waals surface area contributed by atoms with E-state index >= 15 is 0 Å². The van der Waals surface area contributed by atoms with Crippen LogP contribution in [0.1, 0.15) is 129 Å². The smallest absolute Gasteiger partial charge is 0.325 e. The number of aromatic amines is 2. The number of carbonyl (C=O) groups excluding carboxylic acids is 5. The Balaban J connectivity index is 0.000000219. The van der Waals surface area contributed by atoms with Crippen molar-refractivity contribution in [3.63, 3.8) is 0 Å². The Morgan fingerprint density at radius 1 is 0.547 bits per heavy atom. The van der Waals surface area contributed by atoms with E-state index in [0.717, 1.165) is 56.9 Å². The first kappa shape index (κ1) is 54.8. The summed E-state index contributed by atoms with van der Waals surface area (Å²) in [5.74, 6) is -2.76. The lowest BCUT2D eigenvalue weighted by atomic mass is 9.90. The first-order valence-electron chi connectivity index (χ1n) is 25.1. The number of amides is 2. The van der Waals surface area contributed by atoms with E-state index in [9.17, 15) is 39.0 Å². The summed E-state index contributed by atoms with van der Waals surface area (Å²) in [6.07, 6.45) is 7.75. The molecule has 2 aliphatic carbocycles. The number of carboxylic acid groups (broad SMARTS) is 1. The van der Waals surface area contributed by atoms with Crippen molar-refractivity contribution in [1.29, 1.82) is 0 Å². The van der Waals surface area contributed by atoms with Gasteiger partial charge in [0.2, 0.25) is 0 Å². The molecule has 0 unspecified atom stereocenters. The maximum absolute atomic E-state index is 12.5. The van der Waals surface area contributed by atoms with Crippen LogP contribution in [0, 0.1) is 0 Å². The van der Waals surface area contributed by atoms with Crippen LogP contribution >= 0.6 is 0 Å². The second-order valence-electron chi connectivity index (χ2n) is 19.6. The van der Waals surface area contributed by atoms with Gasteiger partial charge in [-0.3, -0.25) is 38.8 Å². The average molecular weight is 1020 g/mol. The van der Waals surface area contributed by atoms with Gasteiger partial charge in [-0.2, -0.15) is 0 Å². The van der Waals surface area contributed by atoms with Gasteiger partial charge in [0.25, 0.3) is 11.8 Å². The molecule has 0 atom stereocenters. The molecule has 2 heterocycles. The van der Waals surface area contributed by atoms with Crippen molar-refractivity contribution in [2.45, 2.75) is 89.4 Å². The summed E-state index contributed by atoms with van der Waals surface area (Å²) in [5.41, 5.74) is 6.81. The first-order valence-corrected chi connectivity index (χ1v) is 25.1. The van der Waals surface area contributed by atoms with E-state index in [-0.39, 0.29) is 42.0 Å². The number of aliphatic imine (C=N–C) groups is 2. The molecule has 0 spiro atoms. The minimum absolute atomic E-state index is 0.0265. The van der Waals surface area contributed by atoms with E-state index in [4.69, 9.17) is 15.1 Å². The summed E-state index contributed by atoms with van der Waals surface area (Å²) in [6.45, 7) is 2.32. The van der Waals surface area contributed by atoms with Crippen molar-refractivity contribution in [2.24, 2.45) is 9.98 Å². The first-order chi connectivity index (χ1) is 35.8. The number of benzene rings is 4. The van der Waals surface area contributed by atoms with Crippen LogP contribution in [0.4, 0.5) is 0 Å². The molecule has 0 saturated heterocycles. The predicted octanol–water partition coefficient (Wildman–Crippen LogP) is 7.29. The Hall–Kier alpha value is -7.96. The number of aromatic hydroxyl groups is 2. The van der Waals surface area contributed by atoms with E-state index in [0.29, 0.717) is 84.3 Å². The van der Waals surface area contributed by atoms with Gasteiger partial charge in [-0.25, -0.2) is 0 Å². The number of carboxylic acids is 1. The van der Waals surface area contributed by atoms with Crippen molar-refractivity contribution in [2.75, 3.05) is 48.4 Å². The Bertz CT molecular complexity index is 3140. The van der Waals surface area contributed by atoms with E-state index in [1.165, 1.54) is 21.0 Å². The van der Waals surface area contributed by atoms with Gasteiger partial charge in [0, 0.05) is 67.3 Å². The molecule has 8 rings (SSSR count). The fraction of sp³-hybridized carbons (Fsp3) is 0.368. The lowest BCUT2D eigenvalue weighted by Crippen LogP contribution is -2.33. The van der Waals surface area contributed by atoms with Crippen molar-refractivity contribution in [1.82, 2.24) is 30.4 Å². The van der Waals surface area contributed by atoms with Gasteiger partial charge < -0.3 is 50.5 Å². The number of nitrogens with one attached hydrogen (secondary N) is 4. The molecule has 2 aliphatic rings. The topological polar surface area (TPSA) is 259 Å². The summed E-state index contributed by atoms with van der Waals surface area (Å²) in [7, 11) is 9.63. The van der Waals surface area contributed by atoms with Crippen LogP contribution in [0.3, 0.4) is 0 Å². The highest BCUT2D eigenvalue weighted by atomic mass is 16.5. The van der Waals surface area contributed by atoms with Crippen LogP contribution in [-0.2, 0) is 14.3 Å². The number of carbonyl (C=O) groups is 6. The Morgan fingerprint density at radius 3 is 1.23 bits per heavy atom. The normalized spacial score (nSPS) is 18.1. The Labute approximate surface area is 435 Å². The predicted molar refractivity (Wildman–Crippen MR) is 288 cm³/mol. The van der Waals surface area contributed by atoms with Crippen LogP contribution in [0.15, 0.2) is 94.9 Å². The van der Waals surface area contributed by atoms with Crippen LogP contribution in [-0.4, -0.2) is 154 Å². The quantitative estimate of drug-likeness (QED) is 0.0287. The third-order valence-corrected chi connectivity index (χ3v) is 14.1. The summed E-state index contributed by atoms with van der Waals surface area (Å²) >= 11 is 0. The zero-order chi connectivity index (χ0) is 54.1. The van der Waals surface area contributed by atoms with Crippen LogP contribution in [0.25, 0.3) is 21.8 Å². The molecule has 394 valence electrons. The number of esters is 1. The lowest BCUT2D eigenvalue weighted by Gasteiger charge is -2.31. The van der Waals surface area contributed by atoms with E-state index < -0.39 is 30.3 Å². The molecule has 2 aromatic heterocycles. The second-order valence-corrected chi connectivity index (χ2v) is 19.6. The highest BCUT2D eigenvalue weighted by molar-refractivity contribution is 6.23. The van der Waals surface area contributed by atoms with E-state index in [1.807, 2.05) is 0 Å². The van der Waals surface area contributed by atoms with Crippen molar-refractivity contribution in [3.05, 3.63) is 129 Å². The number of Topliss-reactive ketones (excluding diaryl/α,β-unsaturated/α-hetero) is 2. The van der Waals surface area contributed by atoms with Crippen molar-refractivity contribution >= 4 is 68.5 Å². The summed E-state index contributed by atoms with van der Waals surface area (Å²) in [4.78, 5) is 91.9. The number of rotatable bonds is 16. The zero-order valence-electron chi connectivity index (χ0n) is 43.5. The van der Waals surface area contributed by atoms with Gasteiger partial charge >= 0.3 is 11.9 Å². The molecule has 0 bridgehead atoms. The number of ether oxygens (including phenoxy) is 1. The third-order valence-electron chi connectivity index (χ3n) is 14.1. The van der Waals surface area contributed by atoms with Gasteiger partial charge in [0.05, 0.1) is 41.7 Å². The molecular weight excluding hydrogens is 957 g/mol. The van der Waals surface area contributed by atoms with Crippen LogP contribution in [0.5, 0.6) is 11.8 Å². The molecule has 75 heavy (non-hydrogen) atoms.